The summed E-state index contributed by atoms with van der Waals surface area (Å²) in [4.78, 5) is 4.22. The molecular formula is C13H15F2N3. The van der Waals surface area contributed by atoms with Crippen LogP contribution < -0.4 is 5.32 Å². The highest BCUT2D eigenvalue weighted by atomic mass is 19.1. The van der Waals surface area contributed by atoms with E-state index in [9.17, 15) is 8.78 Å². The molecule has 1 unspecified atom stereocenters. The predicted molar refractivity (Wildman–Crippen MR) is 65.2 cm³/mol. The molecule has 0 radical (unpaired) electrons. The number of nitrogens with one attached hydrogen (secondary N) is 1. The van der Waals surface area contributed by atoms with Crippen molar-refractivity contribution in [3.63, 3.8) is 0 Å². The average molecular weight is 251 g/mol. The van der Waals surface area contributed by atoms with Crippen LogP contribution in [0.15, 0.2) is 30.6 Å². The second-order valence-corrected chi connectivity index (χ2v) is 3.96. The van der Waals surface area contributed by atoms with Crippen molar-refractivity contribution in [3.8, 4) is 0 Å². The average Bonchev–Trinajstić information content (AvgIpc) is 2.83. The second-order valence-electron chi connectivity index (χ2n) is 3.96. The predicted octanol–water partition coefficient (Wildman–Crippen LogP) is 2.49. The van der Waals surface area contributed by atoms with Crippen LogP contribution in [0.2, 0.25) is 0 Å². The minimum Gasteiger partial charge on any atom is -0.334 e. The number of imidazole rings is 1. The molecule has 96 valence electrons. The third-order valence-corrected chi connectivity index (χ3v) is 2.90. The molecule has 1 atom stereocenters. The molecule has 0 aliphatic rings. The molecule has 1 aromatic heterocycles. The molecule has 5 heteroatoms. The highest BCUT2D eigenvalue weighted by molar-refractivity contribution is 5.27. The van der Waals surface area contributed by atoms with Gasteiger partial charge in [-0.25, -0.2) is 13.8 Å². The molecule has 2 rings (SSSR count). The molecule has 0 fully saturated rings. The molecule has 18 heavy (non-hydrogen) atoms. The van der Waals surface area contributed by atoms with Crippen molar-refractivity contribution in [1.82, 2.24) is 14.9 Å². The van der Waals surface area contributed by atoms with Crippen LogP contribution in [0, 0.1) is 11.6 Å². The summed E-state index contributed by atoms with van der Waals surface area (Å²) in [6, 6.07) is 2.98. The van der Waals surface area contributed by atoms with Crippen LogP contribution in [0.5, 0.6) is 0 Å². The zero-order chi connectivity index (χ0) is 13.1. The van der Waals surface area contributed by atoms with E-state index in [0.29, 0.717) is 5.82 Å². The SMILES string of the molecule is CCn1ccnc1C(NC)c1cc(F)ccc1F. The molecule has 0 aliphatic heterocycles. The topological polar surface area (TPSA) is 29.9 Å². The minimum atomic E-state index is -0.462. The Kier molecular flexibility index (Phi) is 3.72. The van der Waals surface area contributed by atoms with E-state index < -0.39 is 17.7 Å². The lowest BCUT2D eigenvalue weighted by Crippen LogP contribution is -2.23. The van der Waals surface area contributed by atoms with Crippen molar-refractivity contribution in [1.29, 1.82) is 0 Å². The van der Waals surface area contributed by atoms with E-state index in [1.54, 1.807) is 13.2 Å². The van der Waals surface area contributed by atoms with Crippen molar-refractivity contribution < 1.29 is 8.78 Å². The highest BCUT2D eigenvalue weighted by Crippen LogP contribution is 2.23. The number of rotatable bonds is 4. The van der Waals surface area contributed by atoms with Crippen LogP contribution in [0.1, 0.15) is 24.4 Å². The molecule has 0 amide bonds. The summed E-state index contributed by atoms with van der Waals surface area (Å²) in [7, 11) is 1.70. The van der Waals surface area contributed by atoms with Gasteiger partial charge in [0.1, 0.15) is 17.5 Å². The smallest absolute Gasteiger partial charge is 0.130 e. The van der Waals surface area contributed by atoms with E-state index in [2.05, 4.69) is 10.3 Å². The molecule has 3 nitrogen and oxygen atoms in total. The maximum Gasteiger partial charge on any atom is 0.130 e. The second kappa shape index (κ2) is 5.27. The van der Waals surface area contributed by atoms with E-state index in [1.807, 2.05) is 17.7 Å². The number of aryl methyl sites for hydroxylation is 1. The van der Waals surface area contributed by atoms with Crippen LogP contribution in [0.4, 0.5) is 8.78 Å². The Hall–Kier alpha value is -1.75. The number of hydrogen-bond acceptors (Lipinski definition) is 2. The fraction of sp³-hybridized carbons (Fsp3) is 0.308. The molecule has 1 N–H and O–H groups in total. The van der Waals surface area contributed by atoms with Crippen LogP contribution in [-0.2, 0) is 6.54 Å². The van der Waals surface area contributed by atoms with E-state index in [0.717, 1.165) is 18.7 Å². The first-order valence-electron chi connectivity index (χ1n) is 5.80. The van der Waals surface area contributed by atoms with Crippen LogP contribution in [-0.4, -0.2) is 16.6 Å². The lowest BCUT2D eigenvalue weighted by Gasteiger charge is -2.18. The fourth-order valence-electron chi connectivity index (χ4n) is 2.01. The standard InChI is InChI=1S/C13H15F2N3/c1-3-18-7-6-17-13(18)12(16-2)10-8-9(14)4-5-11(10)15/h4-8,12,16H,3H2,1-2H3. The normalized spacial score (nSPS) is 12.7. The maximum absolute atomic E-state index is 13.8. The first-order chi connectivity index (χ1) is 8.67. The molecule has 0 spiro atoms. The molecule has 2 aromatic rings. The van der Waals surface area contributed by atoms with Gasteiger partial charge in [-0.05, 0) is 32.2 Å². The maximum atomic E-state index is 13.8. The Morgan fingerprint density at radius 2 is 2.17 bits per heavy atom. The van der Waals surface area contributed by atoms with Crippen LogP contribution in [0.3, 0.4) is 0 Å². The summed E-state index contributed by atoms with van der Waals surface area (Å²) in [5.74, 6) is -0.229. The van der Waals surface area contributed by atoms with E-state index >= 15 is 0 Å². The van der Waals surface area contributed by atoms with Gasteiger partial charge >= 0.3 is 0 Å². The molecule has 0 bridgehead atoms. The van der Waals surface area contributed by atoms with Crippen molar-refractivity contribution in [2.45, 2.75) is 19.5 Å². The number of aromatic nitrogens is 2. The van der Waals surface area contributed by atoms with E-state index in [1.165, 1.54) is 6.07 Å². The van der Waals surface area contributed by atoms with Gasteiger partial charge in [0.15, 0.2) is 0 Å². The Balaban J connectivity index is 2.48. The lowest BCUT2D eigenvalue weighted by molar-refractivity contribution is 0.532. The quantitative estimate of drug-likeness (QED) is 0.904. The summed E-state index contributed by atoms with van der Waals surface area (Å²) in [6.07, 6.45) is 3.47. The van der Waals surface area contributed by atoms with Gasteiger partial charge < -0.3 is 9.88 Å². The van der Waals surface area contributed by atoms with Gasteiger partial charge in [0.05, 0.1) is 6.04 Å². The number of halogens is 2. The Labute approximate surface area is 104 Å². The monoisotopic (exact) mass is 251 g/mol. The van der Waals surface area contributed by atoms with Gasteiger partial charge in [0.2, 0.25) is 0 Å². The molecule has 1 aromatic carbocycles. The minimum absolute atomic E-state index is 0.262. The van der Waals surface area contributed by atoms with Crippen LogP contribution in [0.25, 0.3) is 0 Å². The zero-order valence-corrected chi connectivity index (χ0v) is 10.3. The summed E-state index contributed by atoms with van der Waals surface area (Å²) in [5.41, 5.74) is 0.262. The third kappa shape index (κ3) is 2.26. The summed E-state index contributed by atoms with van der Waals surface area (Å²) < 4.78 is 28.9. The Morgan fingerprint density at radius 1 is 1.39 bits per heavy atom. The molecule has 0 aliphatic carbocycles. The summed E-state index contributed by atoms with van der Waals surface area (Å²) >= 11 is 0. The molecular weight excluding hydrogens is 236 g/mol. The Bertz CT molecular complexity index is 537. The number of hydrogen-bond donors (Lipinski definition) is 1. The zero-order valence-electron chi connectivity index (χ0n) is 10.3. The highest BCUT2D eigenvalue weighted by Gasteiger charge is 2.20. The van der Waals surface area contributed by atoms with Crippen LogP contribution >= 0.6 is 0 Å². The van der Waals surface area contributed by atoms with Gasteiger partial charge in [0.25, 0.3) is 0 Å². The molecule has 0 saturated carbocycles. The first-order valence-corrected chi connectivity index (χ1v) is 5.80. The van der Waals surface area contributed by atoms with Gasteiger partial charge in [-0.1, -0.05) is 0 Å². The third-order valence-electron chi connectivity index (χ3n) is 2.90. The van der Waals surface area contributed by atoms with E-state index in [-0.39, 0.29) is 5.56 Å². The number of nitrogens with zero attached hydrogens (tertiary/aromatic N) is 2. The molecule has 0 saturated heterocycles. The Morgan fingerprint density at radius 3 is 2.83 bits per heavy atom. The summed E-state index contributed by atoms with van der Waals surface area (Å²) in [6.45, 7) is 2.70. The summed E-state index contributed by atoms with van der Waals surface area (Å²) in [5, 5.41) is 2.97. The largest absolute Gasteiger partial charge is 0.334 e. The van der Waals surface area contributed by atoms with Crippen molar-refractivity contribution in [2.75, 3.05) is 7.05 Å². The van der Waals surface area contributed by atoms with E-state index in [4.69, 9.17) is 0 Å². The van der Waals surface area contributed by atoms with Crippen molar-refractivity contribution >= 4 is 0 Å². The van der Waals surface area contributed by atoms with Crippen molar-refractivity contribution in [3.05, 3.63) is 53.6 Å². The first kappa shape index (κ1) is 12.7. The van der Waals surface area contributed by atoms with Crippen molar-refractivity contribution in [2.24, 2.45) is 0 Å². The fourth-order valence-corrected chi connectivity index (χ4v) is 2.01. The number of benzene rings is 1. The molecule has 1 heterocycles. The van der Waals surface area contributed by atoms with Gasteiger partial charge in [-0.3, -0.25) is 0 Å². The van der Waals surface area contributed by atoms with Gasteiger partial charge in [-0.15, -0.1) is 0 Å². The van der Waals surface area contributed by atoms with Gasteiger partial charge in [-0.2, -0.15) is 0 Å². The van der Waals surface area contributed by atoms with Gasteiger partial charge in [0, 0.05) is 24.5 Å². The lowest BCUT2D eigenvalue weighted by atomic mass is 10.1.